The SMILES string of the molecule is O=C(NCC1CCCN(Cc2ccccc2)C1)C1CC(=O)N(c2ccc3c(c2)OCO3)C1. The fraction of sp³-hybridized carbons (Fsp3) is 0.440. The summed E-state index contributed by atoms with van der Waals surface area (Å²) in [4.78, 5) is 29.5. The summed E-state index contributed by atoms with van der Waals surface area (Å²) >= 11 is 0. The quantitative estimate of drug-likeness (QED) is 0.756. The second-order valence-corrected chi connectivity index (χ2v) is 8.92. The van der Waals surface area contributed by atoms with Crippen LogP contribution in [-0.2, 0) is 16.1 Å². The Morgan fingerprint density at radius 2 is 1.91 bits per heavy atom. The molecule has 2 saturated heterocycles. The van der Waals surface area contributed by atoms with Gasteiger partial charge in [0.15, 0.2) is 11.5 Å². The van der Waals surface area contributed by atoms with E-state index in [0.717, 1.165) is 38.2 Å². The number of piperidine rings is 1. The number of benzene rings is 2. The predicted molar refractivity (Wildman–Crippen MR) is 120 cm³/mol. The Labute approximate surface area is 188 Å². The maximum atomic E-state index is 12.8. The van der Waals surface area contributed by atoms with E-state index in [4.69, 9.17) is 9.47 Å². The summed E-state index contributed by atoms with van der Waals surface area (Å²) in [6.45, 7) is 4.30. The molecule has 0 bridgehead atoms. The van der Waals surface area contributed by atoms with Crippen LogP contribution in [-0.4, -0.2) is 49.7 Å². The number of likely N-dealkylation sites (tertiary alicyclic amines) is 1. The number of amides is 2. The van der Waals surface area contributed by atoms with Gasteiger partial charge in [0.25, 0.3) is 0 Å². The molecule has 168 valence electrons. The Morgan fingerprint density at radius 3 is 2.78 bits per heavy atom. The Morgan fingerprint density at radius 1 is 1.06 bits per heavy atom. The van der Waals surface area contributed by atoms with Crippen LogP contribution in [0.5, 0.6) is 11.5 Å². The van der Waals surface area contributed by atoms with Gasteiger partial charge in [-0.1, -0.05) is 30.3 Å². The molecule has 0 radical (unpaired) electrons. The van der Waals surface area contributed by atoms with Gasteiger partial charge in [-0.25, -0.2) is 0 Å². The molecule has 32 heavy (non-hydrogen) atoms. The van der Waals surface area contributed by atoms with Crippen LogP contribution in [0.15, 0.2) is 48.5 Å². The minimum absolute atomic E-state index is 0.0261. The van der Waals surface area contributed by atoms with Crippen molar-refractivity contribution in [3.63, 3.8) is 0 Å². The van der Waals surface area contributed by atoms with Crippen molar-refractivity contribution in [2.75, 3.05) is 37.9 Å². The second-order valence-electron chi connectivity index (χ2n) is 8.92. The molecular weight excluding hydrogens is 406 g/mol. The van der Waals surface area contributed by atoms with E-state index in [9.17, 15) is 9.59 Å². The minimum Gasteiger partial charge on any atom is -0.454 e. The molecule has 3 heterocycles. The molecule has 3 aliphatic rings. The lowest BCUT2D eigenvalue weighted by molar-refractivity contribution is -0.126. The van der Waals surface area contributed by atoms with Crippen molar-refractivity contribution in [2.24, 2.45) is 11.8 Å². The van der Waals surface area contributed by atoms with Crippen molar-refractivity contribution in [1.82, 2.24) is 10.2 Å². The lowest BCUT2D eigenvalue weighted by atomic mass is 9.97. The highest BCUT2D eigenvalue weighted by molar-refractivity contribution is 6.00. The molecule has 2 atom stereocenters. The van der Waals surface area contributed by atoms with Crippen molar-refractivity contribution in [1.29, 1.82) is 0 Å². The molecule has 0 aliphatic carbocycles. The van der Waals surface area contributed by atoms with E-state index >= 15 is 0 Å². The average Bonchev–Trinajstić information content (AvgIpc) is 3.44. The molecule has 5 rings (SSSR count). The average molecular weight is 436 g/mol. The van der Waals surface area contributed by atoms with E-state index in [1.807, 2.05) is 24.3 Å². The third kappa shape index (κ3) is 4.58. The van der Waals surface area contributed by atoms with Gasteiger partial charge in [0.05, 0.1) is 5.92 Å². The summed E-state index contributed by atoms with van der Waals surface area (Å²) in [5.41, 5.74) is 2.07. The first kappa shape index (κ1) is 20.8. The van der Waals surface area contributed by atoms with Gasteiger partial charge in [0, 0.05) is 44.4 Å². The van der Waals surface area contributed by atoms with Crippen molar-refractivity contribution in [3.8, 4) is 11.5 Å². The van der Waals surface area contributed by atoms with Crippen LogP contribution < -0.4 is 19.7 Å². The molecular formula is C25H29N3O4. The topological polar surface area (TPSA) is 71.1 Å². The first-order valence-electron chi connectivity index (χ1n) is 11.4. The van der Waals surface area contributed by atoms with E-state index in [1.54, 1.807) is 4.90 Å². The summed E-state index contributed by atoms with van der Waals surface area (Å²) < 4.78 is 10.8. The fourth-order valence-corrected chi connectivity index (χ4v) is 4.88. The molecule has 2 amide bonds. The third-order valence-corrected chi connectivity index (χ3v) is 6.58. The number of hydrogen-bond acceptors (Lipinski definition) is 5. The van der Waals surface area contributed by atoms with Crippen molar-refractivity contribution in [3.05, 3.63) is 54.1 Å². The normalized spacial score (nSPS) is 22.9. The predicted octanol–water partition coefficient (Wildman–Crippen LogP) is 2.80. The van der Waals surface area contributed by atoms with Gasteiger partial charge < -0.3 is 19.7 Å². The van der Waals surface area contributed by atoms with E-state index in [2.05, 4.69) is 34.5 Å². The number of anilines is 1. The zero-order chi connectivity index (χ0) is 21.9. The summed E-state index contributed by atoms with van der Waals surface area (Å²) in [5, 5.41) is 3.12. The number of nitrogens with one attached hydrogen (secondary N) is 1. The summed E-state index contributed by atoms with van der Waals surface area (Å²) in [7, 11) is 0. The van der Waals surface area contributed by atoms with Crippen LogP contribution >= 0.6 is 0 Å². The van der Waals surface area contributed by atoms with E-state index in [0.29, 0.717) is 30.5 Å². The van der Waals surface area contributed by atoms with Gasteiger partial charge in [0.1, 0.15) is 0 Å². The maximum absolute atomic E-state index is 12.8. The van der Waals surface area contributed by atoms with Crippen molar-refractivity contribution in [2.45, 2.75) is 25.8 Å². The van der Waals surface area contributed by atoms with E-state index in [-0.39, 0.29) is 30.9 Å². The number of carbonyl (C=O) groups excluding carboxylic acids is 2. The van der Waals surface area contributed by atoms with Crippen LogP contribution in [0.2, 0.25) is 0 Å². The highest BCUT2D eigenvalue weighted by Crippen LogP contribution is 2.37. The maximum Gasteiger partial charge on any atom is 0.231 e. The largest absolute Gasteiger partial charge is 0.454 e. The highest BCUT2D eigenvalue weighted by Gasteiger charge is 2.36. The lowest BCUT2D eigenvalue weighted by Gasteiger charge is -2.33. The second kappa shape index (κ2) is 9.20. The number of carbonyl (C=O) groups is 2. The van der Waals surface area contributed by atoms with Gasteiger partial charge in [-0.15, -0.1) is 0 Å². The number of hydrogen-bond donors (Lipinski definition) is 1. The molecule has 0 saturated carbocycles. The van der Waals surface area contributed by atoms with Crippen LogP contribution in [0.3, 0.4) is 0 Å². The Bertz CT molecular complexity index is 980. The molecule has 2 fully saturated rings. The molecule has 2 unspecified atom stereocenters. The van der Waals surface area contributed by atoms with E-state index in [1.165, 1.54) is 5.56 Å². The molecule has 2 aromatic carbocycles. The summed E-state index contributed by atoms with van der Waals surface area (Å²) in [6.07, 6.45) is 2.51. The van der Waals surface area contributed by atoms with Crippen molar-refractivity contribution < 1.29 is 19.1 Å². The van der Waals surface area contributed by atoms with E-state index < -0.39 is 0 Å². The van der Waals surface area contributed by atoms with Gasteiger partial charge in [-0.3, -0.25) is 14.5 Å². The van der Waals surface area contributed by atoms with Crippen LogP contribution in [0.25, 0.3) is 0 Å². The Kier molecular flexibility index (Phi) is 5.99. The molecule has 0 spiro atoms. The van der Waals surface area contributed by atoms with Crippen molar-refractivity contribution >= 4 is 17.5 Å². The number of nitrogens with zero attached hydrogens (tertiary/aromatic N) is 2. The zero-order valence-corrected chi connectivity index (χ0v) is 18.2. The molecule has 3 aliphatic heterocycles. The fourth-order valence-electron chi connectivity index (χ4n) is 4.88. The molecule has 2 aromatic rings. The highest BCUT2D eigenvalue weighted by atomic mass is 16.7. The summed E-state index contributed by atoms with van der Waals surface area (Å²) in [5.74, 6) is 1.39. The number of rotatable bonds is 6. The number of ether oxygens (including phenoxy) is 2. The summed E-state index contributed by atoms with van der Waals surface area (Å²) in [6, 6.07) is 16.0. The van der Waals surface area contributed by atoms with Crippen LogP contribution in [0.4, 0.5) is 5.69 Å². The standard InChI is InChI=1S/C25H29N3O4/c29-24-11-20(16-28(24)21-8-9-22-23(12-21)32-17-31-22)25(30)26-13-19-7-4-10-27(15-19)14-18-5-2-1-3-6-18/h1-3,5-6,8-9,12,19-20H,4,7,10-11,13-17H2,(H,26,30). The van der Waals surface area contributed by atoms with Crippen LogP contribution in [0.1, 0.15) is 24.8 Å². The zero-order valence-electron chi connectivity index (χ0n) is 18.2. The first-order valence-corrected chi connectivity index (χ1v) is 11.4. The molecule has 0 aromatic heterocycles. The molecule has 7 nitrogen and oxygen atoms in total. The number of fused-ring (bicyclic) bond motifs is 1. The van der Waals surface area contributed by atoms with Gasteiger partial charge in [-0.2, -0.15) is 0 Å². The van der Waals surface area contributed by atoms with Crippen LogP contribution in [0, 0.1) is 11.8 Å². The third-order valence-electron chi connectivity index (χ3n) is 6.58. The molecule has 1 N–H and O–H groups in total. The lowest BCUT2D eigenvalue weighted by Crippen LogP contribution is -2.42. The van der Waals surface area contributed by atoms with Gasteiger partial charge >= 0.3 is 0 Å². The smallest absolute Gasteiger partial charge is 0.231 e. The van der Waals surface area contributed by atoms with Gasteiger partial charge in [-0.05, 0) is 43.0 Å². The molecule has 7 heteroatoms. The Balaban J connectivity index is 1.12. The van der Waals surface area contributed by atoms with Gasteiger partial charge in [0.2, 0.25) is 18.6 Å². The minimum atomic E-state index is -0.322. The first-order chi connectivity index (χ1) is 15.7. The monoisotopic (exact) mass is 435 g/mol. The Hall–Kier alpha value is -3.06.